The van der Waals surface area contributed by atoms with Crippen LogP contribution in [-0.4, -0.2) is 73.6 Å². The summed E-state index contributed by atoms with van der Waals surface area (Å²) in [5, 5.41) is 0. The number of morpholine rings is 1. The summed E-state index contributed by atoms with van der Waals surface area (Å²) in [4.78, 5) is 17.3. The standard InChI is InChI=1S/C18H22N2O4S2/c1-22-14-9-13(10-15(12-14)23-2)11-16-17(21)20(18(25)26-16)4-3-19-5-7-24-8-6-19/h9-12H,3-8H2,1-2H3/b16-11-. The Kier molecular flexibility index (Phi) is 6.53. The number of thioether (sulfide) groups is 1. The third kappa shape index (κ3) is 4.56. The van der Waals surface area contributed by atoms with Gasteiger partial charge in [0.1, 0.15) is 15.8 Å². The molecule has 2 aliphatic heterocycles. The summed E-state index contributed by atoms with van der Waals surface area (Å²) in [6.45, 7) is 4.69. The van der Waals surface area contributed by atoms with Crippen LogP contribution in [0.3, 0.4) is 0 Å². The first-order chi connectivity index (χ1) is 12.6. The summed E-state index contributed by atoms with van der Waals surface area (Å²) >= 11 is 6.74. The van der Waals surface area contributed by atoms with E-state index in [1.165, 1.54) is 11.8 Å². The molecule has 0 bridgehead atoms. The van der Waals surface area contributed by atoms with Gasteiger partial charge in [0, 0.05) is 32.2 Å². The molecule has 2 aliphatic rings. The van der Waals surface area contributed by atoms with E-state index < -0.39 is 0 Å². The molecule has 1 amide bonds. The van der Waals surface area contributed by atoms with Crippen molar-refractivity contribution in [2.24, 2.45) is 0 Å². The van der Waals surface area contributed by atoms with Crippen LogP contribution in [0.1, 0.15) is 5.56 Å². The Balaban J connectivity index is 1.70. The van der Waals surface area contributed by atoms with E-state index in [0.717, 1.165) is 38.4 Å². The van der Waals surface area contributed by atoms with Crippen LogP contribution in [0.4, 0.5) is 0 Å². The third-order valence-electron chi connectivity index (χ3n) is 4.29. The zero-order valence-corrected chi connectivity index (χ0v) is 16.5. The fraction of sp³-hybridized carbons (Fsp3) is 0.444. The average Bonchev–Trinajstić information content (AvgIpc) is 2.93. The normalized spacial score (nSPS) is 20.1. The fourth-order valence-corrected chi connectivity index (χ4v) is 4.13. The van der Waals surface area contributed by atoms with Gasteiger partial charge in [0.15, 0.2) is 0 Å². The van der Waals surface area contributed by atoms with Crippen LogP contribution >= 0.6 is 24.0 Å². The number of ether oxygens (including phenoxy) is 3. The predicted molar refractivity (Wildman–Crippen MR) is 107 cm³/mol. The van der Waals surface area contributed by atoms with Gasteiger partial charge in [-0.15, -0.1) is 0 Å². The molecule has 0 unspecified atom stereocenters. The van der Waals surface area contributed by atoms with E-state index in [1.807, 2.05) is 18.2 Å². The highest BCUT2D eigenvalue weighted by Gasteiger charge is 2.32. The Morgan fingerprint density at radius 3 is 2.42 bits per heavy atom. The van der Waals surface area contributed by atoms with Gasteiger partial charge in [0.05, 0.1) is 32.3 Å². The maximum Gasteiger partial charge on any atom is 0.266 e. The molecule has 0 spiro atoms. The van der Waals surface area contributed by atoms with Crippen molar-refractivity contribution >= 4 is 40.3 Å². The summed E-state index contributed by atoms with van der Waals surface area (Å²) < 4.78 is 16.5. The minimum Gasteiger partial charge on any atom is -0.497 e. The second-order valence-corrected chi connectivity index (χ2v) is 7.61. The van der Waals surface area contributed by atoms with Crippen LogP contribution in [0.2, 0.25) is 0 Å². The van der Waals surface area contributed by atoms with Gasteiger partial charge in [-0.1, -0.05) is 24.0 Å². The third-order valence-corrected chi connectivity index (χ3v) is 5.67. The number of thiocarbonyl (C=S) groups is 1. The van der Waals surface area contributed by atoms with Gasteiger partial charge < -0.3 is 14.2 Å². The highest BCUT2D eigenvalue weighted by atomic mass is 32.2. The monoisotopic (exact) mass is 394 g/mol. The van der Waals surface area contributed by atoms with Crippen molar-refractivity contribution < 1.29 is 19.0 Å². The number of rotatable bonds is 6. The summed E-state index contributed by atoms with van der Waals surface area (Å²) in [6, 6.07) is 5.52. The molecule has 8 heteroatoms. The average molecular weight is 395 g/mol. The van der Waals surface area contributed by atoms with Crippen LogP contribution in [0.25, 0.3) is 6.08 Å². The maximum absolute atomic E-state index is 12.7. The smallest absolute Gasteiger partial charge is 0.266 e. The number of nitrogens with zero attached hydrogens (tertiary/aromatic N) is 2. The molecular weight excluding hydrogens is 372 g/mol. The van der Waals surface area contributed by atoms with Gasteiger partial charge in [-0.3, -0.25) is 14.6 Å². The van der Waals surface area contributed by atoms with E-state index in [0.29, 0.717) is 27.3 Å². The minimum atomic E-state index is -0.0463. The van der Waals surface area contributed by atoms with Crippen molar-refractivity contribution in [3.63, 3.8) is 0 Å². The Hall–Kier alpha value is -1.61. The van der Waals surface area contributed by atoms with Crippen LogP contribution in [-0.2, 0) is 9.53 Å². The molecule has 0 aliphatic carbocycles. The summed E-state index contributed by atoms with van der Waals surface area (Å²) in [5.74, 6) is 1.31. The molecule has 140 valence electrons. The van der Waals surface area contributed by atoms with Crippen molar-refractivity contribution in [1.29, 1.82) is 0 Å². The van der Waals surface area contributed by atoms with Crippen molar-refractivity contribution in [1.82, 2.24) is 9.80 Å². The van der Waals surface area contributed by atoms with Crippen LogP contribution in [0, 0.1) is 0 Å². The second kappa shape index (κ2) is 8.85. The van der Waals surface area contributed by atoms with E-state index >= 15 is 0 Å². The Bertz CT molecular complexity index is 695. The molecule has 2 fully saturated rings. The first kappa shape index (κ1) is 19.2. The maximum atomic E-state index is 12.7. The lowest BCUT2D eigenvalue weighted by Gasteiger charge is -2.28. The molecule has 3 rings (SSSR count). The van der Waals surface area contributed by atoms with Gasteiger partial charge in [0.2, 0.25) is 0 Å². The quantitative estimate of drug-likeness (QED) is 0.542. The van der Waals surface area contributed by atoms with Gasteiger partial charge in [-0.2, -0.15) is 0 Å². The second-order valence-electron chi connectivity index (χ2n) is 5.93. The van der Waals surface area contributed by atoms with E-state index in [4.69, 9.17) is 26.4 Å². The Labute approximate surface area is 163 Å². The van der Waals surface area contributed by atoms with Crippen molar-refractivity contribution in [2.75, 3.05) is 53.6 Å². The molecule has 0 saturated carbocycles. The molecule has 26 heavy (non-hydrogen) atoms. The van der Waals surface area contributed by atoms with Gasteiger partial charge >= 0.3 is 0 Å². The first-order valence-corrected chi connectivity index (χ1v) is 9.61. The molecule has 2 heterocycles. The molecule has 2 saturated heterocycles. The highest BCUT2D eigenvalue weighted by molar-refractivity contribution is 8.26. The lowest BCUT2D eigenvalue weighted by atomic mass is 10.2. The van der Waals surface area contributed by atoms with E-state index in [2.05, 4.69) is 4.90 Å². The zero-order valence-electron chi connectivity index (χ0n) is 14.9. The lowest BCUT2D eigenvalue weighted by Crippen LogP contribution is -2.42. The minimum absolute atomic E-state index is 0.0463. The highest BCUT2D eigenvalue weighted by Crippen LogP contribution is 2.33. The van der Waals surface area contributed by atoms with E-state index in [9.17, 15) is 4.79 Å². The zero-order chi connectivity index (χ0) is 18.5. The number of hydrogen-bond acceptors (Lipinski definition) is 7. The number of amides is 1. The van der Waals surface area contributed by atoms with Crippen molar-refractivity contribution in [3.05, 3.63) is 28.7 Å². The Morgan fingerprint density at radius 1 is 1.15 bits per heavy atom. The lowest BCUT2D eigenvalue weighted by molar-refractivity contribution is -0.122. The van der Waals surface area contributed by atoms with Crippen LogP contribution in [0.15, 0.2) is 23.1 Å². The molecular formula is C18H22N2O4S2. The van der Waals surface area contributed by atoms with Gasteiger partial charge in [-0.25, -0.2) is 0 Å². The molecule has 1 aromatic rings. The topological polar surface area (TPSA) is 51.2 Å². The predicted octanol–water partition coefficient (Wildman–Crippen LogP) is 2.24. The SMILES string of the molecule is COc1cc(/C=C2\SC(=S)N(CCN3CCOCC3)C2=O)cc(OC)c1. The summed E-state index contributed by atoms with van der Waals surface area (Å²) in [5.41, 5.74) is 0.842. The number of carbonyl (C=O) groups is 1. The number of hydrogen-bond donors (Lipinski definition) is 0. The number of carbonyl (C=O) groups excluding carboxylic acids is 1. The van der Waals surface area contributed by atoms with Gasteiger partial charge in [-0.05, 0) is 23.8 Å². The number of methoxy groups -OCH3 is 2. The van der Waals surface area contributed by atoms with Gasteiger partial charge in [0.25, 0.3) is 5.91 Å². The molecule has 0 N–H and O–H groups in total. The number of benzene rings is 1. The van der Waals surface area contributed by atoms with Crippen molar-refractivity contribution in [2.45, 2.75) is 0 Å². The molecule has 0 aromatic heterocycles. The van der Waals surface area contributed by atoms with Crippen molar-refractivity contribution in [3.8, 4) is 11.5 Å². The summed E-state index contributed by atoms with van der Waals surface area (Å²) in [7, 11) is 3.20. The molecule has 0 atom stereocenters. The van der Waals surface area contributed by atoms with Crippen LogP contribution in [0.5, 0.6) is 11.5 Å². The molecule has 6 nitrogen and oxygen atoms in total. The van der Waals surface area contributed by atoms with E-state index in [-0.39, 0.29) is 5.91 Å². The Morgan fingerprint density at radius 2 is 1.81 bits per heavy atom. The van der Waals surface area contributed by atoms with Crippen LogP contribution < -0.4 is 9.47 Å². The van der Waals surface area contributed by atoms with E-state index in [1.54, 1.807) is 25.2 Å². The molecule has 1 aromatic carbocycles. The largest absolute Gasteiger partial charge is 0.497 e. The first-order valence-electron chi connectivity index (χ1n) is 8.39. The summed E-state index contributed by atoms with van der Waals surface area (Å²) in [6.07, 6.45) is 1.83. The molecule has 0 radical (unpaired) electrons. The fourth-order valence-electron chi connectivity index (χ4n) is 2.82.